The molecule has 3 unspecified atom stereocenters. The van der Waals surface area contributed by atoms with Crippen molar-refractivity contribution in [1.82, 2.24) is 15.0 Å². The van der Waals surface area contributed by atoms with Crippen molar-refractivity contribution in [2.75, 3.05) is 12.0 Å². The summed E-state index contributed by atoms with van der Waals surface area (Å²) in [5.41, 5.74) is -0.0494. The highest BCUT2D eigenvalue weighted by Crippen LogP contribution is 2.45. The SMILES string of the molecule is Cc1nc(NC(C)c2cccc(C(F)(F)C(C)O)c2F)c2cc(P(C)(=O)C(C)C)ncc2n1. The number of benzene rings is 1. The molecule has 0 saturated carbocycles. The Morgan fingerprint density at radius 1 is 1.15 bits per heavy atom. The molecule has 3 aromatic rings. The number of anilines is 1. The number of nitrogens with zero attached hydrogens (tertiary/aromatic N) is 3. The van der Waals surface area contributed by atoms with E-state index in [2.05, 4.69) is 20.3 Å². The van der Waals surface area contributed by atoms with Crippen molar-refractivity contribution >= 4 is 29.3 Å². The smallest absolute Gasteiger partial charge is 0.301 e. The van der Waals surface area contributed by atoms with Crippen molar-refractivity contribution in [3.05, 3.63) is 53.2 Å². The summed E-state index contributed by atoms with van der Waals surface area (Å²) in [6.07, 6.45) is -0.520. The third-order valence-electron chi connectivity index (χ3n) is 5.85. The van der Waals surface area contributed by atoms with Gasteiger partial charge in [-0.25, -0.2) is 14.4 Å². The molecule has 0 aliphatic rings. The first-order valence-electron chi connectivity index (χ1n) is 10.6. The van der Waals surface area contributed by atoms with Crippen LogP contribution in [0.3, 0.4) is 0 Å². The Hall–Kier alpha value is -2.51. The van der Waals surface area contributed by atoms with E-state index in [9.17, 15) is 18.5 Å². The summed E-state index contributed by atoms with van der Waals surface area (Å²) in [5.74, 6) is -4.05. The molecule has 0 aliphatic heterocycles. The Morgan fingerprint density at radius 3 is 2.42 bits per heavy atom. The maximum absolute atomic E-state index is 15.1. The van der Waals surface area contributed by atoms with Gasteiger partial charge in [0.15, 0.2) is 0 Å². The summed E-state index contributed by atoms with van der Waals surface area (Å²) < 4.78 is 56.9. The van der Waals surface area contributed by atoms with Gasteiger partial charge in [-0.1, -0.05) is 26.0 Å². The molecule has 10 heteroatoms. The molecule has 3 atom stereocenters. The molecule has 0 amide bonds. The quantitative estimate of drug-likeness (QED) is 0.455. The maximum atomic E-state index is 15.1. The fraction of sp³-hybridized carbons (Fsp3) is 0.435. The lowest BCUT2D eigenvalue weighted by Crippen LogP contribution is -2.29. The Bertz CT molecular complexity index is 1230. The molecule has 178 valence electrons. The normalized spacial score (nSPS) is 16.0. The third kappa shape index (κ3) is 4.75. The molecule has 0 radical (unpaired) electrons. The van der Waals surface area contributed by atoms with Crippen molar-refractivity contribution in [2.45, 2.75) is 58.3 Å². The van der Waals surface area contributed by atoms with Gasteiger partial charge in [-0.15, -0.1) is 0 Å². The van der Waals surface area contributed by atoms with E-state index in [0.29, 0.717) is 28.0 Å². The number of aromatic nitrogens is 3. The van der Waals surface area contributed by atoms with Crippen molar-refractivity contribution in [3.8, 4) is 0 Å². The van der Waals surface area contributed by atoms with E-state index in [1.54, 1.807) is 26.6 Å². The molecule has 2 aromatic heterocycles. The lowest BCUT2D eigenvalue weighted by atomic mass is 9.97. The van der Waals surface area contributed by atoms with Crippen LogP contribution in [-0.2, 0) is 10.5 Å². The van der Waals surface area contributed by atoms with Crippen LogP contribution in [0.25, 0.3) is 10.9 Å². The highest BCUT2D eigenvalue weighted by molar-refractivity contribution is 7.71. The van der Waals surface area contributed by atoms with E-state index in [4.69, 9.17) is 0 Å². The van der Waals surface area contributed by atoms with E-state index in [-0.39, 0.29) is 11.2 Å². The van der Waals surface area contributed by atoms with Crippen LogP contribution in [0, 0.1) is 12.7 Å². The fourth-order valence-corrected chi connectivity index (χ4v) is 4.61. The van der Waals surface area contributed by atoms with Gasteiger partial charge in [0.1, 0.15) is 36.1 Å². The molecule has 3 rings (SSSR count). The van der Waals surface area contributed by atoms with Crippen molar-refractivity contribution in [3.63, 3.8) is 0 Å². The van der Waals surface area contributed by atoms with E-state index >= 15 is 4.39 Å². The van der Waals surface area contributed by atoms with E-state index in [0.717, 1.165) is 13.0 Å². The summed E-state index contributed by atoms with van der Waals surface area (Å²) in [4.78, 5) is 13.1. The molecule has 33 heavy (non-hydrogen) atoms. The van der Waals surface area contributed by atoms with Gasteiger partial charge < -0.3 is 15.0 Å². The van der Waals surface area contributed by atoms with Crippen LogP contribution in [0.15, 0.2) is 30.5 Å². The maximum Gasteiger partial charge on any atom is 0.301 e. The van der Waals surface area contributed by atoms with Crippen LogP contribution in [0.1, 0.15) is 50.7 Å². The third-order valence-corrected chi connectivity index (χ3v) is 8.98. The first kappa shape index (κ1) is 25.1. The predicted molar refractivity (Wildman–Crippen MR) is 124 cm³/mol. The number of alkyl halides is 2. The van der Waals surface area contributed by atoms with Gasteiger partial charge >= 0.3 is 5.92 Å². The molecule has 0 bridgehead atoms. The molecule has 0 fully saturated rings. The number of fused-ring (bicyclic) bond motifs is 1. The van der Waals surface area contributed by atoms with Crippen LogP contribution < -0.4 is 10.8 Å². The number of pyridine rings is 1. The van der Waals surface area contributed by atoms with Crippen LogP contribution in [0.2, 0.25) is 0 Å². The number of hydrogen-bond donors (Lipinski definition) is 2. The molecule has 6 nitrogen and oxygen atoms in total. The monoisotopic (exact) mass is 480 g/mol. The van der Waals surface area contributed by atoms with Crippen LogP contribution in [-0.4, -0.2) is 38.5 Å². The minimum atomic E-state index is -3.74. The van der Waals surface area contributed by atoms with Crippen LogP contribution in [0.5, 0.6) is 0 Å². The minimum Gasteiger partial charge on any atom is -0.387 e. The molecule has 2 heterocycles. The fourth-order valence-electron chi connectivity index (χ4n) is 3.40. The van der Waals surface area contributed by atoms with E-state index in [1.165, 1.54) is 18.3 Å². The second-order valence-corrected chi connectivity index (χ2v) is 12.1. The van der Waals surface area contributed by atoms with Crippen molar-refractivity contribution in [2.24, 2.45) is 0 Å². The minimum absolute atomic E-state index is 0.00476. The summed E-state index contributed by atoms with van der Waals surface area (Å²) in [7, 11) is -2.75. The number of aliphatic hydroxyl groups excluding tert-OH is 1. The molecular formula is C23H28F3N4O2P. The second-order valence-electron chi connectivity index (χ2n) is 8.64. The van der Waals surface area contributed by atoms with Gasteiger partial charge in [-0.3, -0.25) is 4.98 Å². The molecule has 1 aromatic carbocycles. The van der Waals surface area contributed by atoms with Crippen molar-refractivity contribution < 1.29 is 22.8 Å². The van der Waals surface area contributed by atoms with Gasteiger partial charge in [0.05, 0.1) is 23.3 Å². The lowest BCUT2D eigenvalue weighted by molar-refractivity contribution is -0.108. The first-order chi connectivity index (χ1) is 15.3. The highest BCUT2D eigenvalue weighted by Gasteiger charge is 2.40. The van der Waals surface area contributed by atoms with Gasteiger partial charge in [0, 0.05) is 16.6 Å². The van der Waals surface area contributed by atoms with E-state index in [1.807, 2.05) is 13.8 Å². The Morgan fingerprint density at radius 2 is 1.82 bits per heavy atom. The summed E-state index contributed by atoms with van der Waals surface area (Å²) >= 11 is 0. The zero-order chi connectivity index (χ0) is 24.7. The Balaban J connectivity index is 2.07. The van der Waals surface area contributed by atoms with Gasteiger partial charge in [-0.05, 0) is 39.6 Å². The Kier molecular flexibility index (Phi) is 6.87. The van der Waals surface area contributed by atoms with Gasteiger partial charge in [0.25, 0.3) is 0 Å². The number of halogens is 3. The summed E-state index contributed by atoms with van der Waals surface area (Å²) in [6.45, 7) is 9.61. The molecule has 0 saturated heterocycles. The largest absolute Gasteiger partial charge is 0.387 e. The average Bonchev–Trinajstić information content (AvgIpc) is 2.72. The van der Waals surface area contributed by atoms with Crippen molar-refractivity contribution in [1.29, 1.82) is 0 Å². The zero-order valence-corrected chi connectivity index (χ0v) is 20.3. The highest BCUT2D eigenvalue weighted by atomic mass is 31.2. The molecule has 2 N–H and O–H groups in total. The predicted octanol–water partition coefficient (Wildman–Crippen LogP) is 5.14. The zero-order valence-electron chi connectivity index (χ0n) is 19.4. The average molecular weight is 480 g/mol. The standard InChI is InChI=1S/C23H28F3N4O2P/c1-12(2)33(6,32)20-10-17-19(11-27-20)29-15(5)30-22(17)28-13(3)16-8-7-9-18(21(16)24)23(25,26)14(4)31/h7-14,31H,1-6H3,(H,28,29,30). The lowest BCUT2D eigenvalue weighted by Gasteiger charge is -2.23. The van der Waals surface area contributed by atoms with E-state index < -0.39 is 36.6 Å². The summed E-state index contributed by atoms with van der Waals surface area (Å²) in [5, 5.41) is 13.1. The molecule has 0 aliphatic carbocycles. The molecule has 0 spiro atoms. The number of hydrogen-bond acceptors (Lipinski definition) is 6. The van der Waals surface area contributed by atoms with Gasteiger partial charge in [-0.2, -0.15) is 8.78 Å². The Labute approximate surface area is 191 Å². The molecular weight excluding hydrogens is 452 g/mol. The number of rotatable bonds is 7. The second kappa shape index (κ2) is 9.03. The topological polar surface area (TPSA) is 88.0 Å². The number of aliphatic hydroxyl groups is 1. The van der Waals surface area contributed by atoms with Crippen LogP contribution in [0.4, 0.5) is 19.0 Å². The van der Waals surface area contributed by atoms with Crippen LogP contribution >= 0.6 is 7.14 Å². The number of nitrogens with one attached hydrogen (secondary N) is 1. The first-order valence-corrected chi connectivity index (χ1v) is 12.8. The summed E-state index contributed by atoms with van der Waals surface area (Å²) in [6, 6.07) is 4.60. The van der Waals surface area contributed by atoms with Gasteiger partial charge in [0.2, 0.25) is 0 Å². The number of aryl methyl sites for hydroxylation is 1.